The van der Waals surface area contributed by atoms with Crippen LogP contribution in [0.5, 0.6) is 0 Å². The van der Waals surface area contributed by atoms with Gasteiger partial charge in [0.05, 0.1) is 12.5 Å². The van der Waals surface area contributed by atoms with Gasteiger partial charge in [0.15, 0.2) is 0 Å². The number of hydrogen-bond donors (Lipinski definition) is 1. The maximum atomic E-state index is 10.4. The summed E-state index contributed by atoms with van der Waals surface area (Å²) >= 11 is 0. The molecular formula is C12H16O2. The van der Waals surface area contributed by atoms with Gasteiger partial charge < -0.3 is 9.52 Å². The number of furan rings is 1. The molecule has 0 unspecified atom stereocenters. The highest BCUT2D eigenvalue weighted by molar-refractivity contribution is 5.29. The molecule has 76 valence electrons. The Balaban J connectivity index is 2.27. The Morgan fingerprint density at radius 2 is 2.29 bits per heavy atom. The molecule has 1 heterocycles. The van der Waals surface area contributed by atoms with Gasteiger partial charge in [-0.2, -0.15) is 0 Å². The first-order chi connectivity index (χ1) is 6.71. The molecule has 14 heavy (non-hydrogen) atoms. The molecule has 0 aromatic carbocycles. The lowest BCUT2D eigenvalue weighted by Crippen LogP contribution is -2.24. The van der Waals surface area contributed by atoms with Gasteiger partial charge in [-0.25, -0.2) is 0 Å². The van der Waals surface area contributed by atoms with Crippen molar-refractivity contribution in [1.29, 1.82) is 0 Å². The van der Waals surface area contributed by atoms with E-state index in [2.05, 4.69) is 6.08 Å². The predicted octanol–water partition coefficient (Wildman–Crippen LogP) is 2.99. The molecule has 0 spiro atoms. The summed E-state index contributed by atoms with van der Waals surface area (Å²) in [5.74, 6) is 0. The third-order valence-electron chi connectivity index (χ3n) is 3.00. The van der Waals surface area contributed by atoms with Gasteiger partial charge in [0, 0.05) is 5.56 Å². The molecule has 1 aromatic heterocycles. The van der Waals surface area contributed by atoms with Crippen molar-refractivity contribution in [3.63, 3.8) is 0 Å². The predicted molar refractivity (Wildman–Crippen MR) is 54.8 cm³/mol. The largest absolute Gasteiger partial charge is 0.472 e. The summed E-state index contributed by atoms with van der Waals surface area (Å²) in [7, 11) is 0. The Kier molecular flexibility index (Phi) is 2.46. The fourth-order valence-electron chi connectivity index (χ4n) is 2.01. The van der Waals surface area contributed by atoms with Crippen LogP contribution >= 0.6 is 0 Å². The average Bonchev–Trinajstić information content (AvgIpc) is 2.72. The second-order valence-electron chi connectivity index (χ2n) is 4.06. The van der Waals surface area contributed by atoms with Crippen LogP contribution in [0.4, 0.5) is 0 Å². The van der Waals surface area contributed by atoms with E-state index < -0.39 is 5.60 Å². The highest BCUT2D eigenvalue weighted by atomic mass is 16.3. The molecule has 1 N–H and O–H groups in total. The lowest BCUT2D eigenvalue weighted by molar-refractivity contribution is 0.0908. The molecule has 1 atom stereocenters. The molecule has 2 nitrogen and oxygen atoms in total. The first-order valence-electron chi connectivity index (χ1n) is 5.16. The standard InChI is InChI=1S/C12H16O2/c1-12(13,11-7-8-14-9-11)10-5-3-2-4-6-10/h5,7-9,13H,2-4,6H2,1H3/t12-/m0/s1. The van der Waals surface area contributed by atoms with Gasteiger partial charge in [-0.05, 0) is 44.2 Å². The van der Waals surface area contributed by atoms with E-state index in [9.17, 15) is 5.11 Å². The highest BCUT2D eigenvalue weighted by Gasteiger charge is 2.29. The quantitative estimate of drug-likeness (QED) is 0.731. The van der Waals surface area contributed by atoms with Crippen LogP contribution in [0.2, 0.25) is 0 Å². The van der Waals surface area contributed by atoms with Crippen molar-refractivity contribution in [1.82, 2.24) is 0 Å². The van der Waals surface area contributed by atoms with Gasteiger partial charge in [0.1, 0.15) is 5.60 Å². The first-order valence-corrected chi connectivity index (χ1v) is 5.16. The lowest BCUT2D eigenvalue weighted by atomic mass is 9.83. The fraction of sp³-hybridized carbons (Fsp3) is 0.500. The zero-order valence-corrected chi connectivity index (χ0v) is 8.49. The summed E-state index contributed by atoms with van der Waals surface area (Å²) in [4.78, 5) is 0. The molecule has 1 aliphatic carbocycles. The minimum Gasteiger partial charge on any atom is -0.472 e. The van der Waals surface area contributed by atoms with E-state index in [4.69, 9.17) is 4.42 Å². The highest BCUT2D eigenvalue weighted by Crippen LogP contribution is 2.35. The first kappa shape index (κ1) is 9.53. The Morgan fingerprint density at radius 3 is 2.86 bits per heavy atom. The lowest BCUT2D eigenvalue weighted by Gasteiger charge is -2.28. The van der Waals surface area contributed by atoms with Crippen molar-refractivity contribution >= 4 is 0 Å². The van der Waals surface area contributed by atoms with Crippen LogP contribution < -0.4 is 0 Å². The molecule has 0 amide bonds. The van der Waals surface area contributed by atoms with Crippen molar-refractivity contribution in [3.05, 3.63) is 35.8 Å². The molecule has 0 saturated heterocycles. The Bertz CT molecular complexity index is 320. The van der Waals surface area contributed by atoms with Crippen molar-refractivity contribution in [2.45, 2.75) is 38.2 Å². The summed E-state index contributed by atoms with van der Waals surface area (Å²) in [6.45, 7) is 1.84. The molecule has 0 radical (unpaired) electrons. The summed E-state index contributed by atoms with van der Waals surface area (Å²) < 4.78 is 5.00. The van der Waals surface area contributed by atoms with Crippen LogP contribution in [0.1, 0.15) is 38.2 Å². The third-order valence-corrected chi connectivity index (χ3v) is 3.00. The molecule has 2 heteroatoms. The van der Waals surface area contributed by atoms with Crippen LogP contribution in [0.3, 0.4) is 0 Å². The number of hydrogen-bond acceptors (Lipinski definition) is 2. The van der Waals surface area contributed by atoms with Crippen LogP contribution in [0.15, 0.2) is 34.7 Å². The number of allylic oxidation sites excluding steroid dienone is 1. The molecule has 2 rings (SSSR count). The average molecular weight is 192 g/mol. The van der Waals surface area contributed by atoms with Gasteiger partial charge in [-0.15, -0.1) is 0 Å². The van der Waals surface area contributed by atoms with Crippen LogP contribution in [0.25, 0.3) is 0 Å². The maximum absolute atomic E-state index is 10.4. The topological polar surface area (TPSA) is 33.4 Å². The van der Waals surface area contributed by atoms with E-state index in [1.165, 1.54) is 12.8 Å². The van der Waals surface area contributed by atoms with E-state index >= 15 is 0 Å². The van der Waals surface area contributed by atoms with Gasteiger partial charge in [-0.3, -0.25) is 0 Å². The van der Waals surface area contributed by atoms with E-state index in [0.717, 1.165) is 24.0 Å². The van der Waals surface area contributed by atoms with E-state index in [0.29, 0.717) is 0 Å². The zero-order valence-electron chi connectivity index (χ0n) is 8.49. The second kappa shape index (κ2) is 3.62. The smallest absolute Gasteiger partial charge is 0.111 e. The van der Waals surface area contributed by atoms with Crippen LogP contribution in [-0.2, 0) is 5.60 Å². The molecule has 0 saturated carbocycles. The van der Waals surface area contributed by atoms with Crippen LogP contribution in [-0.4, -0.2) is 5.11 Å². The van der Waals surface area contributed by atoms with E-state index in [1.807, 2.05) is 13.0 Å². The summed E-state index contributed by atoms with van der Waals surface area (Å²) in [5, 5.41) is 10.4. The molecule has 0 fully saturated rings. The third kappa shape index (κ3) is 1.62. The second-order valence-corrected chi connectivity index (χ2v) is 4.06. The van der Waals surface area contributed by atoms with Crippen molar-refractivity contribution in [2.24, 2.45) is 0 Å². The van der Waals surface area contributed by atoms with Crippen molar-refractivity contribution in [2.75, 3.05) is 0 Å². The van der Waals surface area contributed by atoms with Gasteiger partial charge in [-0.1, -0.05) is 6.08 Å². The van der Waals surface area contributed by atoms with Gasteiger partial charge in [0.25, 0.3) is 0 Å². The molecule has 1 aliphatic rings. The minimum absolute atomic E-state index is 0.840. The SMILES string of the molecule is C[C@](O)(C1=CCCCC1)c1ccoc1. The Hall–Kier alpha value is -1.02. The molecule has 1 aromatic rings. The normalized spacial score (nSPS) is 21.4. The van der Waals surface area contributed by atoms with Gasteiger partial charge >= 0.3 is 0 Å². The monoisotopic (exact) mass is 192 g/mol. The fourth-order valence-corrected chi connectivity index (χ4v) is 2.01. The Labute approximate surface area is 84.2 Å². The van der Waals surface area contributed by atoms with Gasteiger partial charge in [0.2, 0.25) is 0 Å². The minimum atomic E-state index is -0.840. The zero-order chi connectivity index (χ0) is 10.0. The van der Waals surface area contributed by atoms with Crippen molar-refractivity contribution in [3.8, 4) is 0 Å². The number of aliphatic hydroxyl groups is 1. The Morgan fingerprint density at radius 1 is 1.43 bits per heavy atom. The van der Waals surface area contributed by atoms with Crippen LogP contribution in [0, 0.1) is 0 Å². The van der Waals surface area contributed by atoms with E-state index in [-0.39, 0.29) is 0 Å². The molecule has 0 bridgehead atoms. The summed E-state index contributed by atoms with van der Waals surface area (Å²) in [6.07, 6.45) is 9.89. The molecule has 0 aliphatic heterocycles. The maximum Gasteiger partial charge on any atom is 0.111 e. The number of rotatable bonds is 2. The molecular weight excluding hydrogens is 176 g/mol. The summed E-state index contributed by atoms with van der Waals surface area (Å²) in [5.41, 5.74) is 1.14. The summed E-state index contributed by atoms with van der Waals surface area (Å²) in [6, 6.07) is 1.83. The van der Waals surface area contributed by atoms with Crippen molar-refractivity contribution < 1.29 is 9.52 Å². The van der Waals surface area contributed by atoms with E-state index in [1.54, 1.807) is 12.5 Å².